The summed E-state index contributed by atoms with van der Waals surface area (Å²) in [6.45, 7) is 6.51. The zero-order valence-electron chi connectivity index (χ0n) is 19.2. The van der Waals surface area contributed by atoms with Gasteiger partial charge in [-0.05, 0) is 52.8 Å². The lowest BCUT2D eigenvalue weighted by Crippen LogP contribution is -2.32. The third-order valence-electron chi connectivity index (χ3n) is 6.94. The number of para-hydroxylation sites is 1. The molecule has 0 N–H and O–H groups in total. The summed E-state index contributed by atoms with van der Waals surface area (Å²) in [6, 6.07) is 23.7. The minimum Gasteiger partial charge on any atom is -0.469 e. The van der Waals surface area contributed by atoms with E-state index in [1.54, 1.807) is 0 Å². The van der Waals surface area contributed by atoms with Crippen molar-refractivity contribution in [1.29, 1.82) is 0 Å². The fraction of sp³-hybridized carbons (Fsp3) is 0.310. The van der Waals surface area contributed by atoms with Crippen LogP contribution in [0, 0.1) is 11.8 Å². The lowest BCUT2D eigenvalue weighted by molar-refractivity contribution is -0.145. The van der Waals surface area contributed by atoms with E-state index in [-0.39, 0.29) is 17.3 Å². The molecule has 0 bridgehead atoms. The number of benzene rings is 3. The first-order valence-electron chi connectivity index (χ1n) is 11.5. The molecular weight excluding hydrogens is 394 g/mol. The first-order valence-corrected chi connectivity index (χ1v) is 11.5. The highest BCUT2D eigenvalue weighted by molar-refractivity contribution is 6.03. The Labute approximate surface area is 189 Å². The normalized spacial score (nSPS) is 18.0. The average molecular weight is 424 g/mol. The molecule has 0 radical (unpaired) electrons. The summed E-state index contributed by atoms with van der Waals surface area (Å²) in [5.41, 5.74) is 5.54. The highest BCUT2D eigenvalue weighted by Crippen LogP contribution is 2.56. The quantitative estimate of drug-likeness (QED) is 0.328. The summed E-state index contributed by atoms with van der Waals surface area (Å²) in [7, 11) is 1.48. The van der Waals surface area contributed by atoms with Crippen molar-refractivity contribution in [2.45, 2.75) is 39.0 Å². The van der Waals surface area contributed by atoms with Gasteiger partial charge in [-0.25, -0.2) is 4.98 Å². The Hall–Kier alpha value is -3.20. The van der Waals surface area contributed by atoms with Crippen molar-refractivity contribution >= 4 is 27.6 Å². The van der Waals surface area contributed by atoms with Crippen LogP contribution in [0.25, 0.3) is 32.9 Å². The maximum atomic E-state index is 12.5. The maximum absolute atomic E-state index is 12.5. The van der Waals surface area contributed by atoms with E-state index >= 15 is 0 Å². The SMILES string of the molecule is COC(=O)C(C)CC1(CC(C)C)c2cc3ccccc3nc2-c2c1ccc1ccccc21. The zero-order chi connectivity index (χ0) is 22.5. The molecule has 0 aliphatic heterocycles. The first-order chi connectivity index (χ1) is 15.4. The van der Waals surface area contributed by atoms with Gasteiger partial charge in [-0.1, -0.05) is 75.4 Å². The number of aromatic nitrogens is 1. The van der Waals surface area contributed by atoms with Gasteiger partial charge in [-0.2, -0.15) is 0 Å². The van der Waals surface area contributed by atoms with E-state index in [2.05, 4.69) is 74.5 Å². The summed E-state index contributed by atoms with van der Waals surface area (Å²) >= 11 is 0. The number of carbonyl (C=O) groups excluding carboxylic acids is 1. The van der Waals surface area contributed by atoms with Crippen LogP contribution in [0.3, 0.4) is 0 Å². The van der Waals surface area contributed by atoms with E-state index in [0.717, 1.165) is 23.0 Å². The van der Waals surface area contributed by atoms with E-state index in [4.69, 9.17) is 9.72 Å². The van der Waals surface area contributed by atoms with Crippen molar-refractivity contribution in [3.63, 3.8) is 0 Å². The number of esters is 1. The van der Waals surface area contributed by atoms with Crippen molar-refractivity contribution in [1.82, 2.24) is 4.98 Å². The lowest BCUT2D eigenvalue weighted by Gasteiger charge is -2.35. The standard InChI is InChI=1S/C29H29NO2/c1-18(2)16-29(17-19(3)28(31)32-4)23-14-13-20-9-5-7-11-22(20)26(23)27-24(29)15-21-10-6-8-12-25(21)30-27/h5-15,18-19H,16-17H2,1-4H3. The minimum absolute atomic E-state index is 0.155. The fourth-order valence-electron chi connectivity index (χ4n) is 5.77. The van der Waals surface area contributed by atoms with Crippen LogP contribution >= 0.6 is 0 Å². The van der Waals surface area contributed by atoms with Gasteiger partial charge in [-0.15, -0.1) is 0 Å². The topological polar surface area (TPSA) is 39.2 Å². The number of hydrogen-bond acceptors (Lipinski definition) is 3. The van der Waals surface area contributed by atoms with E-state index in [9.17, 15) is 4.79 Å². The van der Waals surface area contributed by atoms with Gasteiger partial charge in [-0.3, -0.25) is 4.79 Å². The van der Waals surface area contributed by atoms with E-state index < -0.39 is 0 Å². The molecule has 1 aliphatic rings. The van der Waals surface area contributed by atoms with Gasteiger partial charge in [0, 0.05) is 16.4 Å². The third-order valence-corrected chi connectivity index (χ3v) is 6.94. The molecule has 0 spiro atoms. The predicted octanol–water partition coefficient (Wildman–Crippen LogP) is 6.90. The Kier molecular flexibility index (Phi) is 5.00. The minimum atomic E-state index is -0.284. The Morgan fingerprint density at radius 1 is 0.906 bits per heavy atom. The van der Waals surface area contributed by atoms with Crippen molar-refractivity contribution in [3.8, 4) is 11.3 Å². The molecule has 3 nitrogen and oxygen atoms in total. The van der Waals surface area contributed by atoms with E-state index in [0.29, 0.717) is 12.3 Å². The second-order valence-corrected chi connectivity index (χ2v) is 9.59. The van der Waals surface area contributed by atoms with E-state index in [1.165, 1.54) is 34.6 Å². The molecule has 3 aromatic carbocycles. The highest BCUT2D eigenvalue weighted by atomic mass is 16.5. The van der Waals surface area contributed by atoms with Crippen LogP contribution in [-0.2, 0) is 14.9 Å². The molecule has 0 saturated carbocycles. The van der Waals surface area contributed by atoms with Crippen LogP contribution in [0.4, 0.5) is 0 Å². The van der Waals surface area contributed by atoms with Crippen molar-refractivity contribution in [3.05, 3.63) is 77.9 Å². The van der Waals surface area contributed by atoms with Crippen molar-refractivity contribution in [2.75, 3.05) is 7.11 Å². The number of nitrogens with zero attached hydrogens (tertiary/aromatic N) is 1. The first kappa shape index (κ1) is 20.7. The van der Waals surface area contributed by atoms with Crippen molar-refractivity contribution < 1.29 is 9.53 Å². The van der Waals surface area contributed by atoms with Gasteiger partial charge in [0.1, 0.15) is 0 Å². The number of methoxy groups -OCH3 is 1. The summed E-state index contributed by atoms with van der Waals surface area (Å²) < 4.78 is 5.13. The fourth-order valence-corrected chi connectivity index (χ4v) is 5.77. The van der Waals surface area contributed by atoms with Gasteiger partial charge in [0.05, 0.1) is 24.2 Å². The summed E-state index contributed by atoms with van der Waals surface area (Å²) in [5.74, 6) is 0.0877. The van der Waals surface area contributed by atoms with Crippen LogP contribution in [0.1, 0.15) is 44.7 Å². The number of pyridine rings is 1. The van der Waals surface area contributed by atoms with E-state index in [1.807, 2.05) is 13.0 Å². The number of rotatable bonds is 5. The Morgan fingerprint density at radius 3 is 2.38 bits per heavy atom. The van der Waals surface area contributed by atoms with Crippen molar-refractivity contribution in [2.24, 2.45) is 11.8 Å². The molecule has 2 atom stereocenters. The Morgan fingerprint density at radius 2 is 1.62 bits per heavy atom. The molecule has 162 valence electrons. The van der Waals surface area contributed by atoms with Crippen LogP contribution in [0.15, 0.2) is 66.7 Å². The zero-order valence-corrected chi connectivity index (χ0v) is 19.2. The summed E-state index contributed by atoms with van der Waals surface area (Å²) in [6.07, 6.45) is 1.66. The molecule has 2 unspecified atom stereocenters. The largest absolute Gasteiger partial charge is 0.469 e. The smallest absolute Gasteiger partial charge is 0.308 e. The molecule has 0 amide bonds. The molecule has 4 aromatic rings. The predicted molar refractivity (Wildman–Crippen MR) is 131 cm³/mol. The second-order valence-electron chi connectivity index (χ2n) is 9.59. The van der Waals surface area contributed by atoms with Gasteiger partial charge in [0.2, 0.25) is 0 Å². The van der Waals surface area contributed by atoms with Gasteiger partial charge in [0.15, 0.2) is 0 Å². The molecule has 3 heteroatoms. The number of ether oxygens (including phenoxy) is 1. The molecule has 0 saturated heterocycles. The van der Waals surface area contributed by atoms with Crippen LogP contribution < -0.4 is 0 Å². The number of hydrogen-bond donors (Lipinski definition) is 0. The molecule has 1 heterocycles. The van der Waals surface area contributed by atoms with Gasteiger partial charge >= 0.3 is 5.97 Å². The monoisotopic (exact) mass is 423 g/mol. The summed E-state index contributed by atoms with van der Waals surface area (Å²) in [5, 5.41) is 3.58. The molecule has 32 heavy (non-hydrogen) atoms. The number of fused-ring (bicyclic) bond motifs is 6. The Bertz CT molecular complexity index is 1340. The molecular formula is C29H29NO2. The molecule has 5 rings (SSSR count). The van der Waals surface area contributed by atoms with Crippen LogP contribution in [-0.4, -0.2) is 18.1 Å². The highest BCUT2D eigenvalue weighted by Gasteiger charge is 2.46. The van der Waals surface area contributed by atoms with Crippen LogP contribution in [0.2, 0.25) is 0 Å². The maximum Gasteiger partial charge on any atom is 0.308 e. The molecule has 1 aromatic heterocycles. The second kappa shape index (κ2) is 7.74. The molecule has 0 fully saturated rings. The Balaban J connectivity index is 1.87. The third kappa shape index (κ3) is 3.10. The van der Waals surface area contributed by atoms with Gasteiger partial charge < -0.3 is 4.74 Å². The summed E-state index contributed by atoms with van der Waals surface area (Å²) in [4.78, 5) is 17.7. The molecule has 1 aliphatic carbocycles. The lowest BCUT2D eigenvalue weighted by atomic mass is 9.67. The van der Waals surface area contributed by atoms with Gasteiger partial charge in [0.25, 0.3) is 0 Å². The number of carbonyl (C=O) groups is 1. The average Bonchev–Trinajstić information content (AvgIpc) is 3.05. The van der Waals surface area contributed by atoms with Crippen LogP contribution in [0.5, 0.6) is 0 Å².